The highest BCUT2D eigenvalue weighted by atomic mass is 16.2. The van der Waals surface area contributed by atoms with Gasteiger partial charge in [0.15, 0.2) is 0 Å². The zero-order valence-corrected chi connectivity index (χ0v) is 5.10. The summed E-state index contributed by atoms with van der Waals surface area (Å²) in [6, 6.07) is -0.369. The molecule has 0 radical (unpaired) electrons. The van der Waals surface area contributed by atoms with E-state index in [9.17, 15) is 9.59 Å². The fraction of sp³-hybridized carbons (Fsp3) is 0.600. The van der Waals surface area contributed by atoms with Crippen molar-refractivity contribution in [3.63, 3.8) is 0 Å². The van der Waals surface area contributed by atoms with Crippen LogP contribution in [0.3, 0.4) is 0 Å². The molecule has 4 nitrogen and oxygen atoms in total. The van der Waals surface area contributed by atoms with Gasteiger partial charge in [-0.25, -0.2) is 0 Å². The highest BCUT2D eigenvalue weighted by Crippen LogP contribution is 1.86. The first-order chi connectivity index (χ1) is 4.20. The first-order valence-electron chi connectivity index (χ1n) is 2.77. The third kappa shape index (κ3) is 1.19. The van der Waals surface area contributed by atoms with Gasteiger partial charge in [-0.1, -0.05) is 0 Å². The summed E-state index contributed by atoms with van der Waals surface area (Å²) in [5.74, 6) is -0.239. The van der Waals surface area contributed by atoms with Gasteiger partial charge in [0.1, 0.15) is 6.04 Å². The highest BCUT2D eigenvalue weighted by Gasteiger charge is 2.20. The Kier molecular flexibility index (Phi) is 1.38. The lowest BCUT2D eigenvalue weighted by Gasteiger charge is -2.18. The smallest absolute Gasteiger partial charge is 0.242 e. The Morgan fingerprint density at radius 2 is 2.22 bits per heavy atom. The van der Waals surface area contributed by atoms with Crippen molar-refractivity contribution in [2.75, 3.05) is 6.54 Å². The zero-order valence-electron chi connectivity index (χ0n) is 5.10. The summed E-state index contributed by atoms with van der Waals surface area (Å²) in [5.41, 5.74) is 0. The quantitative estimate of drug-likeness (QED) is 0.422. The third-order valence-corrected chi connectivity index (χ3v) is 1.19. The normalized spacial score (nSPS) is 27.0. The van der Waals surface area contributed by atoms with Gasteiger partial charge in [-0.05, 0) is 6.92 Å². The maximum Gasteiger partial charge on any atom is 0.242 e. The van der Waals surface area contributed by atoms with Crippen LogP contribution in [0, 0.1) is 0 Å². The third-order valence-electron chi connectivity index (χ3n) is 1.19. The number of nitrogens with one attached hydrogen (secondary N) is 2. The molecule has 0 unspecified atom stereocenters. The van der Waals surface area contributed by atoms with Gasteiger partial charge in [-0.2, -0.15) is 0 Å². The fourth-order valence-electron chi connectivity index (χ4n) is 0.679. The van der Waals surface area contributed by atoms with Crippen LogP contribution in [0.1, 0.15) is 6.92 Å². The minimum Gasteiger partial charge on any atom is -0.345 e. The van der Waals surface area contributed by atoms with Gasteiger partial charge in [0.05, 0.1) is 6.54 Å². The van der Waals surface area contributed by atoms with Crippen LogP contribution in [0.15, 0.2) is 0 Å². The number of carbonyl (C=O) groups is 2. The first-order valence-corrected chi connectivity index (χ1v) is 2.77. The molecule has 0 spiro atoms. The minimum atomic E-state index is -0.369. The molecule has 2 N–H and O–H groups in total. The van der Waals surface area contributed by atoms with Crippen molar-refractivity contribution in [1.29, 1.82) is 0 Å². The predicted molar refractivity (Wildman–Crippen MR) is 30.6 cm³/mol. The molecule has 1 fully saturated rings. The molecule has 0 aliphatic carbocycles. The predicted octanol–water partition coefficient (Wildman–Crippen LogP) is -1.38. The largest absolute Gasteiger partial charge is 0.345 e. The van der Waals surface area contributed by atoms with E-state index in [2.05, 4.69) is 10.6 Å². The molecular formula is C5H8N2O2. The standard InChI is InChI=1S/C5H8N2O2/c1-3-5(9)6-2-4(8)7-3/h3H,2H2,1H3,(H,6,9)(H,7,8)/t3-/m1/s1. The summed E-state index contributed by atoms with van der Waals surface area (Å²) in [7, 11) is 0. The van der Waals surface area contributed by atoms with Crippen LogP contribution in [0.2, 0.25) is 0 Å². The molecule has 1 rings (SSSR count). The number of hydrogen-bond acceptors (Lipinski definition) is 2. The van der Waals surface area contributed by atoms with Crippen LogP contribution >= 0.6 is 0 Å². The number of amides is 2. The van der Waals surface area contributed by atoms with E-state index in [4.69, 9.17) is 0 Å². The maximum absolute atomic E-state index is 10.6. The molecule has 0 saturated carbocycles. The molecule has 0 aromatic heterocycles. The lowest BCUT2D eigenvalue weighted by molar-refractivity contribution is -0.133. The minimum absolute atomic E-state index is 0.114. The maximum atomic E-state index is 10.6. The summed E-state index contributed by atoms with van der Waals surface area (Å²) in [5, 5.41) is 4.91. The van der Waals surface area contributed by atoms with E-state index in [-0.39, 0.29) is 24.4 Å². The molecule has 0 bridgehead atoms. The fourth-order valence-corrected chi connectivity index (χ4v) is 0.679. The Morgan fingerprint density at radius 3 is 2.67 bits per heavy atom. The molecule has 1 saturated heterocycles. The van der Waals surface area contributed by atoms with Crippen LogP contribution in [0.25, 0.3) is 0 Å². The average molecular weight is 128 g/mol. The van der Waals surface area contributed by atoms with Crippen molar-refractivity contribution in [2.45, 2.75) is 13.0 Å². The monoisotopic (exact) mass is 128 g/mol. The molecule has 50 valence electrons. The summed E-state index contributed by atoms with van der Waals surface area (Å²) < 4.78 is 0. The highest BCUT2D eigenvalue weighted by molar-refractivity contribution is 5.94. The van der Waals surface area contributed by atoms with Crippen LogP contribution < -0.4 is 10.6 Å². The molecule has 4 heteroatoms. The lowest BCUT2D eigenvalue weighted by Crippen LogP contribution is -2.54. The molecule has 2 amide bonds. The van der Waals surface area contributed by atoms with E-state index in [1.807, 2.05) is 0 Å². The van der Waals surface area contributed by atoms with E-state index in [0.29, 0.717) is 0 Å². The van der Waals surface area contributed by atoms with E-state index in [1.54, 1.807) is 6.92 Å². The van der Waals surface area contributed by atoms with Crippen molar-refractivity contribution in [2.24, 2.45) is 0 Å². The number of rotatable bonds is 0. The molecule has 1 heterocycles. The summed E-state index contributed by atoms with van der Waals surface area (Å²) >= 11 is 0. The van der Waals surface area contributed by atoms with E-state index in [0.717, 1.165) is 0 Å². The molecule has 0 aromatic rings. The SMILES string of the molecule is C[C@H]1NC(=O)CNC1=O. The molecule has 1 aliphatic heterocycles. The summed E-state index contributed by atoms with van der Waals surface area (Å²) in [6.45, 7) is 1.76. The van der Waals surface area contributed by atoms with Crippen LogP contribution in [0.5, 0.6) is 0 Å². The van der Waals surface area contributed by atoms with Crippen LogP contribution in [-0.2, 0) is 9.59 Å². The molecule has 9 heavy (non-hydrogen) atoms. The average Bonchev–Trinajstić information content (AvgIpc) is 1.80. The van der Waals surface area contributed by atoms with Gasteiger partial charge in [0, 0.05) is 0 Å². The van der Waals surface area contributed by atoms with Gasteiger partial charge in [0.2, 0.25) is 11.8 Å². The Balaban J connectivity index is 2.54. The molecule has 1 aliphatic rings. The second-order valence-electron chi connectivity index (χ2n) is 2.01. The van der Waals surface area contributed by atoms with Crippen molar-refractivity contribution in [3.05, 3.63) is 0 Å². The van der Waals surface area contributed by atoms with Gasteiger partial charge >= 0.3 is 0 Å². The van der Waals surface area contributed by atoms with Crippen molar-refractivity contribution >= 4 is 11.8 Å². The Bertz CT molecular complexity index is 155. The second kappa shape index (κ2) is 2.05. The van der Waals surface area contributed by atoms with Gasteiger partial charge in [-0.15, -0.1) is 0 Å². The van der Waals surface area contributed by atoms with E-state index >= 15 is 0 Å². The zero-order chi connectivity index (χ0) is 6.85. The number of piperazine rings is 1. The van der Waals surface area contributed by atoms with Crippen LogP contribution in [0.4, 0.5) is 0 Å². The van der Waals surface area contributed by atoms with Crippen molar-refractivity contribution in [1.82, 2.24) is 10.6 Å². The molecular weight excluding hydrogens is 120 g/mol. The van der Waals surface area contributed by atoms with Crippen molar-refractivity contribution < 1.29 is 9.59 Å². The van der Waals surface area contributed by atoms with Gasteiger partial charge < -0.3 is 10.6 Å². The Labute approximate surface area is 52.6 Å². The van der Waals surface area contributed by atoms with E-state index < -0.39 is 0 Å². The topological polar surface area (TPSA) is 58.2 Å². The summed E-state index contributed by atoms with van der Waals surface area (Å²) in [4.78, 5) is 21.1. The van der Waals surface area contributed by atoms with Crippen molar-refractivity contribution in [3.8, 4) is 0 Å². The first kappa shape index (κ1) is 6.07. The second-order valence-corrected chi connectivity index (χ2v) is 2.01. The number of carbonyl (C=O) groups excluding carboxylic acids is 2. The van der Waals surface area contributed by atoms with Gasteiger partial charge in [-0.3, -0.25) is 9.59 Å². The summed E-state index contributed by atoms with van der Waals surface area (Å²) in [6.07, 6.45) is 0. The lowest BCUT2D eigenvalue weighted by atomic mass is 10.2. The van der Waals surface area contributed by atoms with Crippen LogP contribution in [-0.4, -0.2) is 24.4 Å². The Hall–Kier alpha value is -1.06. The molecule has 1 atom stereocenters. The molecule has 0 aromatic carbocycles. The number of hydrogen-bond donors (Lipinski definition) is 2. The Morgan fingerprint density at radius 1 is 1.56 bits per heavy atom. The van der Waals surface area contributed by atoms with Gasteiger partial charge in [0.25, 0.3) is 0 Å². The van der Waals surface area contributed by atoms with E-state index in [1.165, 1.54) is 0 Å².